The Morgan fingerprint density at radius 1 is 0.971 bits per heavy atom. The Labute approximate surface area is 198 Å². The Morgan fingerprint density at radius 2 is 1.62 bits per heavy atom. The number of hydrogen-bond acceptors (Lipinski definition) is 8. The molecule has 0 heterocycles. The van der Waals surface area contributed by atoms with E-state index in [2.05, 4.69) is 0 Å². The minimum atomic E-state index is -0.886. The fourth-order valence-corrected chi connectivity index (χ4v) is 2.90. The third-order valence-electron chi connectivity index (χ3n) is 4.50. The van der Waals surface area contributed by atoms with Crippen LogP contribution in [0.4, 0.5) is 0 Å². The zero-order valence-electron chi connectivity index (χ0n) is 19.4. The number of ketones is 1. The zero-order chi connectivity index (χ0) is 24.9. The first-order valence-corrected chi connectivity index (χ1v) is 10.6. The monoisotopic (exact) mass is 468 g/mol. The van der Waals surface area contributed by atoms with E-state index in [0.29, 0.717) is 17.9 Å². The van der Waals surface area contributed by atoms with Crippen LogP contribution in [0.1, 0.15) is 31.4 Å². The third kappa shape index (κ3) is 8.55. The van der Waals surface area contributed by atoms with E-state index in [1.54, 1.807) is 61.5 Å². The molecule has 0 aromatic heterocycles. The van der Waals surface area contributed by atoms with Crippen molar-refractivity contribution in [3.63, 3.8) is 0 Å². The molecule has 0 aliphatic rings. The van der Waals surface area contributed by atoms with Gasteiger partial charge < -0.3 is 24.1 Å². The first-order valence-electron chi connectivity index (χ1n) is 10.6. The van der Waals surface area contributed by atoms with Crippen LogP contribution in [0.15, 0.2) is 65.9 Å². The summed E-state index contributed by atoms with van der Waals surface area (Å²) >= 11 is 0. The topological polar surface area (TPSA) is 108 Å². The average Bonchev–Trinajstić information content (AvgIpc) is 2.81. The molecule has 8 heteroatoms. The van der Waals surface area contributed by atoms with Gasteiger partial charge in [-0.1, -0.05) is 30.3 Å². The van der Waals surface area contributed by atoms with Crippen molar-refractivity contribution >= 4 is 23.8 Å². The van der Waals surface area contributed by atoms with Crippen LogP contribution in [0.2, 0.25) is 0 Å². The van der Waals surface area contributed by atoms with Crippen LogP contribution in [-0.2, 0) is 30.3 Å². The van der Waals surface area contributed by atoms with Gasteiger partial charge in [0.05, 0.1) is 6.61 Å². The quantitative estimate of drug-likeness (QED) is 0.0722. The number of hydrogen-bond donors (Lipinski definition) is 1. The van der Waals surface area contributed by atoms with E-state index in [1.807, 2.05) is 0 Å². The van der Waals surface area contributed by atoms with Gasteiger partial charge in [-0.15, -0.1) is 0 Å². The van der Waals surface area contributed by atoms with Crippen molar-refractivity contribution in [3.8, 4) is 11.5 Å². The second-order valence-corrected chi connectivity index (χ2v) is 7.09. The SMILES string of the molecule is CCOC(=O)C(C(=O)CCc1ccc(OC(C)=O)cc1)=C(O)C=Cc1ccc(OCOC)cc1. The number of methoxy groups -OCH3 is 1. The molecule has 0 atom stereocenters. The van der Waals surface area contributed by atoms with E-state index >= 15 is 0 Å². The number of benzene rings is 2. The van der Waals surface area contributed by atoms with Gasteiger partial charge in [0.25, 0.3) is 0 Å². The highest BCUT2D eigenvalue weighted by molar-refractivity contribution is 6.18. The Morgan fingerprint density at radius 3 is 2.21 bits per heavy atom. The Hall–Kier alpha value is -3.91. The number of Topliss-reactive ketones (excluding diaryl/α,β-unsaturated/α-hetero) is 1. The van der Waals surface area contributed by atoms with Gasteiger partial charge in [0.15, 0.2) is 12.6 Å². The number of carbonyl (C=O) groups is 3. The van der Waals surface area contributed by atoms with Gasteiger partial charge in [-0.25, -0.2) is 4.79 Å². The molecule has 2 aromatic rings. The van der Waals surface area contributed by atoms with E-state index in [4.69, 9.17) is 18.9 Å². The summed E-state index contributed by atoms with van der Waals surface area (Å²) in [6, 6.07) is 13.6. The molecule has 34 heavy (non-hydrogen) atoms. The molecule has 2 aromatic carbocycles. The predicted octanol–water partition coefficient (Wildman–Crippen LogP) is 4.18. The van der Waals surface area contributed by atoms with Crippen molar-refractivity contribution in [2.45, 2.75) is 26.7 Å². The van der Waals surface area contributed by atoms with Crippen molar-refractivity contribution in [2.75, 3.05) is 20.5 Å². The Balaban J connectivity index is 2.12. The van der Waals surface area contributed by atoms with Crippen molar-refractivity contribution < 1.29 is 38.4 Å². The van der Waals surface area contributed by atoms with Crippen LogP contribution in [0, 0.1) is 0 Å². The van der Waals surface area contributed by atoms with Gasteiger partial charge in [0.1, 0.15) is 22.8 Å². The fraction of sp³-hybridized carbons (Fsp3) is 0.269. The first-order chi connectivity index (χ1) is 16.3. The van der Waals surface area contributed by atoms with E-state index in [0.717, 1.165) is 11.1 Å². The lowest BCUT2D eigenvalue weighted by atomic mass is 10.0. The van der Waals surface area contributed by atoms with Gasteiger partial charge in [-0.2, -0.15) is 0 Å². The normalized spacial score (nSPS) is 11.6. The van der Waals surface area contributed by atoms with Gasteiger partial charge in [-0.05, 0) is 54.8 Å². The minimum Gasteiger partial charge on any atom is -0.507 e. The summed E-state index contributed by atoms with van der Waals surface area (Å²) in [4.78, 5) is 36.2. The van der Waals surface area contributed by atoms with Gasteiger partial charge >= 0.3 is 11.9 Å². The Bertz CT molecular complexity index is 1030. The highest BCUT2D eigenvalue weighted by Crippen LogP contribution is 2.18. The van der Waals surface area contributed by atoms with E-state index in [-0.39, 0.29) is 19.8 Å². The molecule has 0 radical (unpaired) electrons. The summed E-state index contributed by atoms with van der Waals surface area (Å²) in [5.41, 5.74) is 1.12. The highest BCUT2D eigenvalue weighted by Gasteiger charge is 2.23. The number of allylic oxidation sites excluding steroid dienone is 1. The van der Waals surface area contributed by atoms with Crippen LogP contribution in [0.5, 0.6) is 11.5 Å². The molecular formula is C26H28O8. The maximum absolute atomic E-state index is 12.8. The summed E-state index contributed by atoms with van der Waals surface area (Å²) in [7, 11) is 1.52. The summed E-state index contributed by atoms with van der Waals surface area (Å²) in [6.07, 6.45) is 3.14. The first kappa shape index (κ1) is 26.3. The molecule has 0 fully saturated rings. The van der Waals surface area contributed by atoms with Crippen LogP contribution in [0.25, 0.3) is 6.08 Å². The van der Waals surface area contributed by atoms with Crippen molar-refractivity contribution in [3.05, 3.63) is 77.1 Å². The highest BCUT2D eigenvalue weighted by atomic mass is 16.7. The fourth-order valence-electron chi connectivity index (χ4n) is 2.90. The minimum absolute atomic E-state index is 0.0233. The number of rotatable bonds is 12. The lowest BCUT2D eigenvalue weighted by Gasteiger charge is -2.08. The average molecular weight is 469 g/mol. The van der Waals surface area contributed by atoms with Crippen LogP contribution in [0.3, 0.4) is 0 Å². The predicted molar refractivity (Wildman–Crippen MR) is 125 cm³/mol. The summed E-state index contributed by atoms with van der Waals surface area (Å²) in [6.45, 7) is 3.11. The second kappa shape index (κ2) is 13.6. The molecule has 0 saturated heterocycles. The van der Waals surface area contributed by atoms with Gasteiger partial charge in [0, 0.05) is 20.5 Å². The Kier molecular flexibility index (Phi) is 10.5. The lowest BCUT2D eigenvalue weighted by Crippen LogP contribution is -2.18. The summed E-state index contributed by atoms with van der Waals surface area (Å²) in [5, 5.41) is 10.5. The van der Waals surface area contributed by atoms with E-state index in [1.165, 1.54) is 20.1 Å². The molecule has 0 bridgehead atoms. The van der Waals surface area contributed by atoms with Crippen LogP contribution in [-0.4, -0.2) is 43.3 Å². The molecule has 0 saturated carbocycles. The van der Waals surface area contributed by atoms with Gasteiger partial charge in [-0.3, -0.25) is 9.59 Å². The molecule has 0 spiro atoms. The summed E-state index contributed by atoms with van der Waals surface area (Å²) < 4.78 is 20.1. The number of aryl methyl sites for hydroxylation is 1. The van der Waals surface area contributed by atoms with Crippen molar-refractivity contribution in [1.82, 2.24) is 0 Å². The molecular weight excluding hydrogens is 440 g/mol. The van der Waals surface area contributed by atoms with E-state index < -0.39 is 29.1 Å². The standard InChI is InChI=1S/C26H28O8/c1-4-32-26(30)25(23(28)15-9-19-5-11-21(12-6-19)33-17-31-3)24(29)16-10-20-7-13-22(14-8-20)34-18(2)27/h5-9,11-15,28H,4,10,16-17H2,1-3H3. The number of esters is 2. The molecule has 1 N–H and O–H groups in total. The number of aliphatic hydroxyl groups excluding tert-OH is 1. The maximum atomic E-state index is 12.8. The molecule has 2 rings (SSSR count). The second-order valence-electron chi connectivity index (χ2n) is 7.09. The third-order valence-corrected chi connectivity index (χ3v) is 4.50. The molecule has 0 aliphatic carbocycles. The van der Waals surface area contributed by atoms with Crippen LogP contribution >= 0.6 is 0 Å². The zero-order valence-corrected chi connectivity index (χ0v) is 19.4. The van der Waals surface area contributed by atoms with Crippen molar-refractivity contribution in [1.29, 1.82) is 0 Å². The molecule has 0 amide bonds. The molecule has 0 unspecified atom stereocenters. The maximum Gasteiger partial charge on any atom is 0.345 e. The van der Waals surface area contributed by atoms with Gasteiger partial charge in [0.2, 0.25) is 0 Å². The van der Waals surface area contributed by atoms with E-state index in [9.17, 15) is 19.5 Å². The number of carbonyl (C=O) groups excluding carboxylic acids is 3. The number of aliphatic hydroxyl groups is 1. The largest absolute Gasteiger partial charge is 0.507 e. The van der Waals surface area contributed by atoms with Crippen LogP contribution < -0.4 is 9.47 Å². The van der Waals surface area contributed by atoms with Crippen molar-refractivity contribution in [2.24, 2.45) is 0 Å². The lowest BCUT2D eigenvalue weighted by molar-refractivity contribution is -0.140. The molecule has 180 valence electrons. The molecule has 0 aliphatic heterocycles. The summed E-state index contributed by atoms with van der Waals surface area (Å²) in [5.74, 6) is -1.33. The smallest absolute Gasteiger partial charge is 0.345 e. The number of ether oxygens (including phenoxy) is 4. The molecule has 8 nitrogen and oxygen atoms in total.